The van der Waals surface area contributed by atoms with Gasteiger partial charge in [0.05, 0.1) is 6.04 Å². The Bertz CT molecular complexity index is 481. The van der Waals surface area contributed by atoms with Crippen LogP contribution in [-0.2, 0) is 4.79 Å². The molecule has 2 atom stereocenters. The minimum Gasteiger partial charge on any atom is -0.320 e. The lowest BCUT2D eigenvalue weighted by atomic mass is 9.70. The van der Waals surface area contributed by atoms with Gasteiger partial charge in [0.2, 0.25) is 5.91 Å². The van der Waals surface area contributed by atoms with Gasteiger partial charge in [0.15, 0.2) is 0 Å². The van der Waals surface area contributed by atoms with Gasteiger partial charge in [-0.05, 0) is 36.1 Å². The van der Waals surface area contributed by atoms with Crippen molar-refractivity contribution in [3.63, 3.8) is 0 Å². The van der Waals surface area contributed by atoms with Crippen molar-refractivity contribution in [1.29, 1.82) is 0 Å². The molecular weight excluding hydrogens is 280 g/mol. The molecule has 0 bridgehead atoms. The molecule has 2 aliphatic rings. The predicted molar refractivity (Wildman–Crippen MR) is 87.2 cm³/mol. The molecule has 0 radical (unpaired) electrons. The zero-order valence-corrected chi connectivity index (χ0v) is 13.9. The molecule has 1 aromatic rings. The van der Waals surface area contributed by atoms with E-state index in [4.69, 9.17) is 0 Å². The SMILES string of the molecule is CCCCC1NC(c2cccs2)N(CC2(C)CCC2)C1=O. The molecule has 0 spiro atoms. The van der Waals surface area contributed by atoms with Gasteiger partial charge in [-0.2, -0.15) is 0 Å². The molecule has 2 heterocycles. The Morgan fingerprint density at radius 1 is 1.48 bits per heavy atom. The molecule has 2 unspecified atom stereocenters. The topological polar surface area (TPSA) is 32.3 Å². The third-order valence-electron chi connectivity index (χ3n) is 5.02. The van der Waals surface area contributed by atoms with Gasteiger partial charge >= 0.3 is 0 Å². The number of hydrogen-bond donors (Lipinski definition) is 1. The lowest BCUT2D eigenvalue weighted by Gasteiger charge is -2.42. The summed E-state index contributed by atoms with van der Waals surface area (Å²) in [5, 5.41) is 5.69. The van der Waals surface area contributed by atoms with Crippen molar-refractivity contribution in [3.05, 3.63) is 22.4 Å². The summed E-state index contributed by atoms with van der Waals surface area (Å²) >= 11 is 1.75. The standard InChI is InChI=1S/C17H26N2OS/c1-3-4-7-13-16(20)19(12-17(2)9-6-10-17)15(18-13)14-8-5-11-21-14/h5,8,11,13,15,18H,3-4,6-7,9-10,12H2,1-2H3. The van der Waals surface area contributed by atoms with E-state index in [0.29, 0.717) is 11.3 Å². The van der Waals surface area contributed by atoms with E-state index in [2.05, 4.69) is 41.6 Å². The highest BCUT2D eigenvalue weighted by molar-refractivity contribution is 7.10. The van der Waals surface area contributed by atoms with Gasteiger partial charge in [0.1, 0.15) is 6.17 Å². The number of carbonyl (C=O) groups excluding carboxylic acids is 1. The molecule has 4 heteroatoms. The molecule has 1 saturated carbocycles. The van der Waals surface area contributed by atoms with Crippen LogP contribution in [-0.4, -0.2) is 23.4 Å². The predicted octanol–water partition coefficient (Wildman–Crippen LogP) is 3.93. The van der Waals surface area contributed by atoms with Gasteiger partial charge in [-0.15, -0.1) is 11.3 Å². The van der Waals surface area contributed by atoms with E-state index >= 15 is 0 Å². The molecule has 1 aromatic heterocycles. The van der Waals surface area contributed by atoms with Crippen molar-refractivity contribution in [1.82, 2.24) is 10.2 Å². The van der Waals surface area contributed by atoms with Crippen molar-refractivity contribution >= 4 is 17.2 Å². The number of rotatable bonds is 6. The maximum absolute atomic E-state index is 12.8. The Morgan fingerprint density at radius 2 is 2.29 bits per heavy atom. The van der Waals surface area contributed by atoms with Crippen LogP contribution in [0.2, 0.25) is 0 Å². The lowest BCUT2D eigenvalue weighted by molar-refractivity contribution is -0.132. The van der Waals surface area contributed by atoms with Crippen molar-refractivity contribution in [3.8, 4) is 0 Å². The zero-order chi connectivity index (χ0) is 14.9. The molecule has 3 rings (SSSR count). The van der Waals surface area contributed by atoms with Gasteiger partial charge < -0.3 is 4.90 Å². The second-order valence-corrected chi connectivity index (χ2v) is 7.89. The summed E-state index contributed by atoms with van der Waals surface area (Å²) in [5.41, 5.74) is 0.340. The van der Waals surface area contributed by atoms with Crippen LogP contribution in [0.4, 0.5) is 0 Å². The third kappa shape index (κ3) is 3.02. The molecule has 1 saturated heterocycles. The zero-order valence-electron chi connectivity index (χ0n) is 13.1. The van der Waals surface area contributed by atoms with E-state index in [1.54, 1.807) is 11.3 Å². The molecule has 1 N–H and O–H groups in total. The van der Waals surface area contributed by atoms with E-state index in [9.17, 15) is 4.79 Å². The fraction of sp³-hybridized carbons (Fsp3) is 0.706. The first-order chi connectivity index (χ1) is 10.1. The summed E-state index contributed by atoms with van der Waals surface area (Å²) in [5.74, 6) is 0.315. The van der Waals surface area contributed by atoms with Crippen molar-refractivity contribution in [2.24, 2.45) is 5.41 Å². The number of thiophene rings is 1. The average Bonchev–Trinajstić information content (AvgIpc) is 3.05. The van der Waals surface area contributed by atoms with Crippen LogP contribution < -0.4 is 5.32 Å². The highest BCUT2D eigenvalue weighted by Gasteiger charge is 2.44. The van der Waals surface area contributed by atoms with Crippen LogP contribution in [0, 0.1) is 5.41 Å². The quantitative estimate of drug-likeness (QED) is 0.863. The second kappa shape index (κ2) is 6.09. The number of hydrogen-bond acceptors (Lipinski definition) is 3. The van der Waals surface area contributed by atoms with Gasteiger partial charge in [-0.3, -0.25) is 10.1 Å². The Balaban J connectivity index is 1.76. The van der Waals surface area contributed by atoms with Gasteiger partial charge in [-0.1, -0.05) is 39.2 Å². The van der Waals surface area contributed by atoms with Crippen LogP contribution >= 0.6 is 11.3 Å². The summed E-state index contributed by atoms with van der Waals surface area (Å²) in [7, 11) is 0. The van der Waals surface area contributed by atoms with Crippen LogP contribution in [0.3, 0.4) is 0 Å². The minimum absolute atomic E-state index is 0.0146. The van der Waals surface area contributed by atoms with E-state index in [1.165, 1.54) is 24.1 Å². The van der Waals surface area contributed by atoms with Gasteiger partial charge in [0.25, 0.3) is 0 Å². The third-order valence-corrected chi connectivity index (χ3v) is 5.95. The first kappa shape index (κ1) is 15.0. The molecule has 3 nitrogen and oxygen atoms in total. The first-order valence-electron chi connectivity index (χ1n) is 8.23. The second-order valence-electron chi connectivity index (χ2n) is 6.91. The number of nitrogens with one attached hydrogen (secondary N) is 1. The average molecular weight is 306 g/mol. The van der Waals surface area contributed by atoms with E-state index < -0.39 is 0 Å². The highest BCUT2D eigenvalue weighted by atomic mass is 32.1. The summed E-state index contributed by atoms with van der Waals surface area (Å²) in [6.07, 6.45) is 7.15. The lowest BCUT2D eigenvalue weighted by Crippen LogP contribution is -2.43. The fourth-order valence-corrected chi connectivity index (χ4v) is 4.29. The highest BCUT2D eigenvalue weighted by Crippen LogP contribution is 2.43. The normalized spacial score (nSPS) is 27.9. The molecule has 1 aliphatic carbocycles. The van der Waals surface area contributed by atoms with E-state index in [-0.39, 0.29) is 12.2 Å². The number of amides is 1. The van der Waals surface area contributed by atoms with Crippen LogP contribution in [0.5, 0.6) is 0 Å². The first-order valence-corrected chi connectivity index (χ1v) is 9.11. The van der Waals surface area contributed by atoms with Crippen LogP contribution in [0.1, 0.15) is 63.4 Å². The molecule has 1 aliphatic heterocycles. The van der Waals surface area contributed by atoms with Crippen molar-refractivity contribution in [2.45, 2.75) is 64.6 Å². The summed E-state index contributed by atoms with van der Waals surface area (Å²) in [6, 6.07) is 4.24. The van der Waals surface area contributed by atoms with Gasteiger partial charge in [-0.25, -0.2) is 0 Å². The van der Waals surface area contributed by atoms with E-state index in [1.807, 2.05) is 0 Å². The maximum Gasteiger partial charge on any atom is 0.241 e. The molecule has 0 aromatic carbocycles. The molecule has 1 amide bonds. The Hall–Kier alpha value is -0.870. The monoisotopic (exact) mass is 306 g/mol. The molecule has 21 heavy (non-hydrogen) atoms. The number of carbonyl (C=O) groups is 1. The number of nitrogens with zero attached hydrogens (tertiary/aromatic N) is 1. The fourth-order valence-electron chi connectivity index (χ4n) is 3.50. The van der Waals surface area contributed by atoms with E-state index in [0.717, 1.165) is 25.8 Å². The molecular formula is C17H26N2OS. The Kier molecular flexibility index (Phi) is 4.36. The van der Waals surface area contributed by atoms with Crippen LogP contribution in [0.15, 0.2) is 17.5 Å². The number of unbranched alkanes of at least 4 members (excludes halogenated alkanes) is 1. The summed E-state index contributed by atoms with van der Waals surface area (Å²) < 4.78 is 0. The molecule has 2 fully saturated rings. The largest absolute Gasteiger partial charge is 0.320 e. The van der Waals surface area contributed by atoms with Crippen LogP contribution in [0.25, 0.3) is 0 Å². The summed E-state index contributed by atoms with van der Waals surface area (Å²) in [4.78, 5) is 16.2. The van der Waals surface area contributed by atoms with Crippen molar-refractivity contribution in [2.75, 3.05) is 6.54 Å². The summed E-state index contributed by atoms with van der Waals surface area (Å²) in [6.45, 7) is 5.42. The van der Waals surface area contributed by atoms with Crippen molar-refractivity contribution < 1.29 is 4.79 Å². The molecule has 116 valence electrons. The Labute approximate surface area is 131 Å². The minimum atomic E-state index is 0.0146. The smallest absolute Gasteiger partial charge is 0.241 e. The Morgan fingerprint density at radius 3 is 2.86 bits per heavy atom. The maximum atomic E-state index is 12.8. The van der Waals surface area contributed by atoms with Gasteiger partial charge in [0, 0.05) is 11.4 Å².